The molecule has 0 spiro atoms. The Bertz CT molecular complexity index is 433. The summed E-state index contributed by atoms with van der Waals surface area (Å²) in [5, 5.41) is 0. The number of anilines is 1. The fourth-order valence-electron chi connectivity index (χ4n) is 3.43. The van der Waals surface area contributed by atoms with Gasteiger partial charge in [-0.1, -0.05) is 32.8 Å². The molecule has 0 radical (unpaired) electrons. The van der Waals surface area contributed by atoms with E-state index in [2.05, 4.69) is 44.0 Å². The number of thioether (sulfide) groups is 1. The van der Waals surface area contributed by atoms with Gasteiger partial charge in [-0.25, -0.2) is 0 Å². The molecule has 0 saturated heterocycles. The summed E-state index contributed by atoms with van der Waals surface area (Å²) in [6.07, 6.45) is 5.42. The van der Waals surface area contributed by atoms with Crippen molar-refractivity contribution < 1.29 is 0 Å². The number of hydrogen-bond donors (Lipinski definition) is 1. The molecule has 1 fully saturated rings. The van der Waals surface area contributed by atoms with Crippen LogP contribution in [0.2, 0.25) is 0 Å². The predicted octanol–water partition coefficient (Wildman–Crippen LogP) is 4.27. The first-order chi connectivity index (χ1) is 9.69. The lowest BCUT2D eigenvalue weighted by Crippen LogP contribution is -2.39. The number of hydrogen-bond acceptors (Lipinski definition) is 3. The summed E-state index contributed by atoms with van der Waals surface area (Å²) in [7, 11) is 2.25. The van der Waals surface area contributed by atoms with Crippen molar-refractivity contribution in [3.8, 4) is 0 Å². The van der Waals surface area contributed by atoms with Gasteiger partial charge in [0.1, 0.15) is 0 Å². The highest BCUT2D eigenvalue weighted by Gasteiger charge is 2.26. The van der Waals surface area contributed by atoms with E-state index >= 15 is 0 Å². The van der Waals surface area contributed by atoms with Crippen LogP contribution in [0.1, 0.15) is 45.1 Å². The van der Waals surface area contributed by atoms with Crippen LogP contribution in [-0.4, -0.2) is 18.8 Å². The van der Waals surface area contributed by atoms with Gasteiger partial charge in [-0.2, -0.15) is 0 Å². The maximum atomic E-state index is 6.04. The van der Waals surface area contributed by atoms with Crippen molar-refractivity contribution in [3.63, 3.8) is 0 Å². The minimum absolute atomic E-state index is 0.629. The maximum absolute atomic E-state index is 6.04. The number of benzene rings is 1. The van der Waals surface area contributed by atoms with Crippen LogP contribution in [0.25, 0.3) is 0 Å². The Morgan fingerprint density at radius 2 is 2.05 bits per heavy atom. The van der Waals surface area contributed by atoms with E-state index < -0.39 is 0 Å². The average molecular weight is 292 g/mol. The van der Waals surface area contributed by atoms with Crippen LogP contribution >= 0.6 is 11.8 Å². The Labute approximate surface area is 128 Å². The van der Waals surface area contributed by atoms with Gasteiger partial charge >= 0.3 is 0 Å². The van der Waals surface area contributed by atoms with Gasteiger partial charge in [0, 0.05) is 35.8 Å². The van der Waals surface area contributed by atoms with E-state index in [9.17, 15) is 0 Å². The molecule has 1 aliphatic carbocycles. The highest BCUT2D eigenvalue weighted by Crippen LogP contribution is 2.35. The summed E-state index contributed by atoms with van der Waals surface area (Å²) in [6.45, 7) is 5.22. The molecule has 3 heteroatoms. The Balaban J connectivity index is 2.28. The molecular formula is C17H28N2S. The summed E-state index contributed by atoms with van der Waals surface area (Å²) in [4.78, 5) is 3.84. The molecule has 2 rings (SSSR count). The zero-order valence-electron chi connectivity index (χ0n) is 13.1. The summed E-state index contributed by atoms with van der Waals surface area (Å²) in [6, 6.07) is 7.29. The zero-order valence-corrected chi connectivity index (χ0v) is 13.9. The van der Waals surface area contributed by atoms with Crippen LogP contribution in [0.15, 0.2) is 23.1 Å². The third kappa shape index (κ3) is 3.32. The lowest BCUT2D eigenvalue weighted by molar-refractivity contribution is 0.321. The van der Waals surface area contributed by atoms with Crippen LogP contribution in [-0.2, 0) is 6.54 Å². The highest BCUT2D eigenvalue weighted by molar-refractivity contribution is 7.99. The van der Waals surface area contributed by atoms with Crippen molar-refractivity contribution >= 4 is 17.4 Å². The molecule has 2 N–H and O–H groups in total. The van der Waals surface area contributed by atoms with Crippen molar-refractivity contribution in [1.29, 1.82) is 0 Å². The summed E-state index contributed by atoms with van der Waals surface area (Å²) >= 11 is 1.90. The standard InChI is InChI=1S/C17H28N2S/c1-4-20-17-11-7-10-16(14(17)12-18)19(3)15-9-6-5-8-13(15)2/h7,10-11,13,15H,4-6,8-9,12,18H2,1-3H3. The molecule has 2 atom stereocenters. The first-order valence-electron chi connectivity index (χ1n) is 7.86. The topological polar surface area (TPSA) is 29.3 Å². The Hall–Kier alpha value is -0.670. The fourth-order valence-corrected chi connectivity index (χ4v) is 4.28. The second kappa shape index (κ2) is 7.37. The smallest absolute Gasteiger partial charge is 0.0423 e. The molecule has 0 aromatic heterocycles. The average Bonchev–Trinajstić information content (AvgIpc) is 2.47. The molecule has 112 valence electrons. The normalized spacial score (nSPS) is 22.8. The first-order valence-corrected chi connectivity index (χ1v) is 8.85. The van der Waals surface area contributed by atoms with Crippen molar-refractivity contribution in [3.05, 3.63) is 23.8 Å². The summed E-state index contributed by atoms with van der Waals surface area (Å²) in [5.41, 5.74) is 8.70. The molecule has 20 heavy (non-hydrogen) atoms. The Morgan fingerprint density at radius 1 is 1.30 bits per heavy atom. The second-order valence-electron chi connectivity index (χ2n) is 5.83. The molecule has 0 bridgehead atoms. The molecule has 1 aliphatic rings. The fraction of sp³-hybridized carbons (Fsp3) is 0.647. The minimum Gasteiger partial charge on any atom is -0.371 e. The van der Waals surface area contributed by atoms with Gasteiger partial charge in [-0.15, -0.1) is 11.8 Å². The van der Waals surface area contributed by atoms with Gasteiger partial charge < -0.3 is 10.6 Å². The minimum atomic E-state index is 0.629. The Morgan fingerprint density at radius 3 is 2.70 bits per heavy atom. The van der Waals surface area contributed by atoms with Crippen molar-refractivity contribution in [1.82, 2.24) is 0 Å². The van der Waals surface area contributed by atoms with E-state index in [1.54, 1.807) is 0 Å². The van der Waals surface area contributed by atoms with E-state index in [1.807, 2.05) is 11.8 Å². The molecule has 0 aliphatic heterocycles. The molecule has 1 aromatic carbocycles. The van der Waals surface area contributed by atoms with E-state index in [1.165, 1.54) is 41.8 Å². The quantitative estimate of drug-likeness (QED) is 0.822. The van der Waals surface area contributed by atoms with E-state index in [0.717, 1.165) is 11.7 Å². The van der Waals surface area contributed by atoms with Crippen LogP contribution in [0.4, 0.5) is 5.69 Å². The zero-order chi connectivity index (χ0) is 14.5. The molecular weight excluding hydrogens is 264 g/mol. The predicted molar refractivity (Wildman–Crippen MR) is 90.6 cm³/mol. The van der Waals surface area contributed by atoms with Gasteiger partial charge in [0.25, 0.3) is 0 Å². The van der Waals surface area contributed by atoms with Gasteiger partial charge in [-0.3, -0.25) is 0 Å². The van der Waals surface area contributed by atoms with Gasteiger partial charge in [0.2, 0.25) is 0 Å². The van der Waals surface area contributed by atoms with Gasteiger partial charge in [0.15, 0.2) is 0 Å². The first kappa shape index (κ1) is 15.7. The van der Waals surface area contributed by atoms with Crippen LogP contribution < -0.4 is 10.6 Å². The van der Waals surface area contributed by atoms with Gasteiger partial charge in [-0.05, 0) is 36.6 Å². The van der Waals surface area contributed by atoms with Crippen LogP contribution in [0, 0.1) is 5.92 Å². The van der Waals surface area contributed by atoms with Crippen molar-refractivity contribution in [2.45, 2.75) is 57.0 Å². The van der Waals surface area contributed by atoms with E-state index in [-0.39, 0.29) is 0 Å². The van der Waals surface area contributed by atoms with Crippen molar-refractivity contribution in [2.75, 3.05) is 17.7 Å². The SMILES string of the molecule is CCSc1cccc(N(C)C2CCCCC2C)c1CN. The van der Waals surface area contributed by atoms with Crippen molar-refractivity contribution in [2.24, 2.45) is 11.7 Å². The molecule has 0 amide bonds. The molecule has 1 saturated carbocycles. The van der Waals surface area contributed by atoms with E-state index in [4.69, 9.17) is 5.73 Å². The monoisotopic (exact) mass is 292 g/mol. The Kier molecular flexibility index (Phi) is 5.79. The number of rotatable bonds is 5. The lowest BCUT2D eigenvalue weighted by Gasteiger charge is -2.38. The molecule has 0 heterocycles. The van der Waals surface area contributed by atoms with Gasteiger partial charge in [0.05, 0.1) is 0 Å². The number of nitrogens with two attached hydrogens (primary N) is 1. The maximum Gasteiger partial charge on any atom is 0.0423 e. The number of nitrogens with zero attached hydrogens (tertiary/aromatic N) is 1. The van der Waals surface area contributed by atoms with E-state index in [0.29, 0.717) is 12.6 Å². The second-order valence-corrected chi connectivity index (χ2v) is 7.14. The molecule has 2 nitrogen and oxygen atoms in total. The highest BCUT2D eigenvalue weighted by atomic mass is 32.2. The third-order valence-corrected chi connectivity index (χ3v) is 5.54. The largest absolute Gasteiger partial charge is 0.371 e. The van der Waals surface area contributed by atoms with Crippen LogP contribution in [0.3, 0.4) is 0 Å². The third-order valence-electron chi connectivity index (χ3n) is 4.56. The lowest BCUT2D eigenvalue weighted by atomic mass is 9.84. The molecule has 2 unspecified atom stereocenters. The summed E-state index contributed by atoms with van der Waals surface area (Å²) in [5.74, 6) is 1.88. The summed E-state index contributed by atoms with van der Waals surface area (Å²) < 4.78 is 0. The van der Waals surface area contributed by atoms with Crippen LogP contribution in [0.5, 0.6) is 0 Å². The molecule has 1 aromatic rings.